The van der Waals surface area contributed by atoms with Gasteiger partial charge in [0.2, 0.25) is 0 Å². The molecule has 2 nitrogen and oxygen atoms in total. The third kappa shape index (κ3) is 3.66. The first-order valence-electron chi connectivity index (χ1n) is 7.83. The van der Waals surface area contributed by atoms with Crippen LogP contribution in [0.25, 0.3) is 0 Å². The van der Waals surface area contributed by atoms with E-state index in [9.17, 15) is 0 Å². The number of hydrogen-bond donors (Lipinski definition) is 1. The van der Waals surface area contributed by atoms with Gasteiger partial charge >= 0.3 is 0 Å². The lowest BCUT2D eigenvalue weighted by Gasteiger charge is -2.32. The van der Waals surface area contributed by atoms with Gasteiger partial charge in [-0.1, -0.05) is 31.2 Å². The van der Waals surface area contributed by atoms with E-state index in [1.165, 1.54) is 16.9 Å². The Morgan fingerprint density at radius 3 is 3.00 bits per heavy atom. The Morgan fingerprint density at radius 1 is 1.29 bits per heavy atom. The highest BCUT2D eigenvalue weighted by Gasteiger charge is 2.26. The second kappa shape index (κ2) is 7.10. The Kier molecular flexibility index (Phi) is 4.94. The van der Waals surface area contributed by atoms with Gasteiger partial charge in [0.05, 0.1) is 6.61 Å². The molecule has 21 heavy (non-hydrogen) atoms. The molecule has 0 saturated carbocycles. The number of benzene rings is 1. The molecular formula is C18H23NOS. The lowest BCUT2D eigenvalue weighted by atomic mass is 9.88. The molecule has 1 aromatic carbocycles. The molecule has 1 aliphatic heterocycles. The van der Waals surface area contributed by atoms with Crippen molar-refractivity contribution in [2.45, 2.75) is 32.2 Å². The van der Waals surface area contributed by atoms with Gasteiger partial charge in [-0.25, -0.2) is 0 Å². The van der Waals surface area contributed by atoms with Gasteiger partial charge < -0.3 is 10.1 Å². The van der Waals surface area contributed by atoms with Crippen molar-refractivity contribution in [1.82, 2.24) is 5.32 Å². The number of ether oxygens (including phenoxy) is 1. The van der Waals surface area contributed by atoms with Gasteiger partial charge in [-0.05, 0) is 48.9 Å². The summed E-state index contributed by atoms with van der Waals surface area (Å²) in [6.45, 7) is 4.04. The van der Waals surface area contributed by atoms with Crippen LogP contribution in [0.2, 0.25) is 0 Å². The van der Waals surface area contributed by atoms with Crippen molar-refractivity contribution in [3.8, 4) is 5.75 Å². The Hall–Kier alpha value is -1.32. The molecule has 0 spiro atoms. The van der Waals surface area contributed by atoms with Crippen LogP contribution in [-0.2, 0) is 12.8 Å². The summed E-state index contributed by atoms with van der Waals surface area (Å²) in [6, 6.07) is 13.4. The molecule has 0 amide bonds. The van der Waals surface area contributed by atoms with E-state index >= 15 is 0 Å². The largest absolute Gasteiger partial charge is 0.493 e. The van der Waals surface area contributed by atoms with Crippen molar-refractivity contribution in [2.75, 3.05) is 13.2 Å². The van der Waals surface area contributed by atoms with Crippen LogP contribution in [0.15, 0.2) is 41.8 Å². The number of nitrogens with one attached hydrogen (secondary N) is 1. The fourth-order valence-electron chi connectivity index (χ4n) is 3.13. The average Bonchev–Trinajstić information content (AvgIpc) is 3.04. The quantitative estimate of drug-likeness (QED) is 0.873. The third-order valence-electron chi connectivity index (χ3n) is 4.22. The van der Waals surface area contributed by atoms with Crippen LogP contribution in [-0.4, -0.2) is 19.2 Å². The number of aryl methyl sites for hydroxylation is 1. The Balaban J connectivity index is 1.64. The standard InChI is InChI=1S/C18H23NOS/c1-2-19-17(10-9-16-7-5-11-21-16)15-12-14-6-3-4-8-18(14)20-13-15/h3-8,11,15,17,19H,2,9-10,12-13H2,1H3. The minimum Gasteiger partial charge on any atom is -0.493 e. The first-order valence-corrected chi connectivity index (χ1v) is 8.71. The summed E-state index contributed by atoms with van der Waals surface area (Å²) in [5, 5.41) is 5.83. The lowest BCUT2D eigenvalue weighted by Crippen LogP contribution is -2.42. The number of para-hydroxylation sites is 1. The summed E-state index contributed by atoms with van der Waals surface area (Å²) < 4.78 is 5.96. The fourth-order valence-corrected chi connectivity index (χ4v) is 3.85. The van der Waals surface area contributed by atoms with E-state index in [1.54, 1.807) is 0 Å². The molecule has 2 heterocycles. The lowest BCUT2D eigenvalue weighted by molar-refractivity contribution is 0.180. The minimum absolute atomic E-state index is 0.533. The normalized spacial score (nSPS) is 18.8. The highest BCUT2D eigenvalue weighted by molar-refractivity contribution is 7.09. The predicted molar refractivity (Wildman–Crippen MR) is 89.2 cm³/mol. The molecule has 3 rings (SSSR count). The molecule has 2 aromatic rings. The van der Waals surface area contributed by atoms with Crippen LogP contribution in [0.4, 0.5) is 0 Å². The fraction of sp³-hybridized carbons (Fsp3) is 0.444. The Labute approximate surface area is 131 Å². The van der Waals surface area contributed by atoms with Crippen LogP contribution in [0.1, 0.15) is 23.8 Å². The van der Waals surface area contributed by atoms with Crippen molar-refractivity contribution in [2.24, 2.45) is 5.92 Å². The minimum atomic E-state index is 0.533. The molecule has 2 atom stereocenters. The number of hydrogen-bond acceptors (Lipinski definition) is 3. The first kappa shape index (κ1) is 14.6. The zero-order valence-corrected chi connectivity index (χ0v) is 13.4. The van der Waals surface area contributed by atoms with Gasteiger partial charge in [0.1, 0.15) is 5.75 Å². The van der Waals surface area contributed by atoms with E-state index in [0.717, 1.165) is 31.7 Å². The van der Waals surface area contributed by atoms with Crippen LogP contribution < -0.4 is 10.1 Å². The second-order valence-electron chi connectivity index (χ2n) is 5.67. The molecule has 1 aliphatic rings. The molecule has 0 aliphatic carbocycles. The van der Waals surface area contributed by atoms with Crippen molar-refractivity contribution in [3.63, 3.8) is 0 Å². The summed E-state index contributed by atoms with van der Waals surface area (Å²) in [5.74, 6) is 1.64. The SMILES string of the molecule is CCNC(CCc1cccs1)C1COc2ccccc2C1. The predicted octanol–water partition coefficient (Wildman–Crippen LogP) is 3.91. The van der Waals surface area contributed by atoms with E-state index in [2.05, 4.69) is 54.0 Å². The van der Waals surface area contributed by atoms with Gasteiger partial charge in [-0.3, -0.25) is 0 Å². The zero-order chi connectivity index (χ0) is 14.5. The van der Waals surface area contributed by atoms with Crippen LogP contribution in [0.5, 0.6) is 5.75 Å². The van der Waals surface area contributed by atoms with Gasteiger partial charge in [0.25, 0.3) is 0 Å². The van der Waals surface area contributed by atoms with Gasteiger partial charge in [-0.15, -0.1) is 11.3 Å². The van der Waals surface area contributed by atoms with Crippen molar-refractivity contribution >= 4 is 11.3 Å². The maximum Gasteiger partial charge on any atom is 0.122 e. The van der Waals surface area contributed by atoms with E-state index in [0.29, 0.717) is 12.0 Å². The van der Waals surface area contributed by atoms with Gasteiger partial charge in [0.15, 0.2) is 0 Å². The molecule has 1 N–H and O–H groups in total. The van der Waals surface area contributed by atoms with E-state index in [-0.39, 0.29) is 0 Å². The van der Waals surface area contributed by atoms with Gasteiger partial charge in [0, 0.05) is 16.8 Å². The van der Waals surface area contributed by atoms with E-state index < -0.39 is 0 Å². The Bertz CT molecular complexity index is 552. The molecular weight excluding hydrogens is 278 g/mol. The summed E-state index contributed by atoms with van der Waals surface area (Å²) in [5.41, 5.74) is 1.35. The molecule has 0 bridgehead atoms. The topological polar surface area (TPSA) is 21.3 Å². The number of rotatable bonds is 6. The van der Waals surface area contributed by atoms with Crippen molar-refractivity contribution in [3.05, 3.63) is 52.2 Å². The van der Waals surface area contributed by atoms with Crippen LogP contribution in [0, 0.1) is 5.92 Å². The average molecular weight is 301 g/mol. The zero-order valence-electron chi connectivity index (χ0n) is 12.5. The maximum absolute atomic E-state index is 5.96. The Morgan fingerprint density at radius 2 is 2.19 bits per heavy atom. The van der Waals surface area contributed by atoms with Gasteiger partial charge in [-0.2, -0.15) is 0 Å². The number of thiophene rings is 1. The molecule has 0 radical (unpaired) electrons. The molecule has 3 heteroatoms. The summed E-state index contributed by atoms with van der Waals surface area (Å²) in [4.78, 5) is 1.48. The molecule has 1 aromatic heterocycles. The summed E-state index contributed by atoms with van der Waals surface area (Å²) in [6.07, 6.45) is 3.47. The molecule has 0 saturated heterocycles. The van der Waals surface area contributed by atoms with Crippen molar-refractivity contribution < 1.29 is 4.74 Å². The molecule has 112 valence electrons. The maximum atomic E-state index is 5.96. The third-order valence-corrected chi connectivity index (χ3v) is 5.16. The van der Waals surface area contributed by atoms with Crippen molar-refractivity contribution in [1.29, 1.82) is 0 Å². The van der Waals surface area contributed by atoms with Crippen LogP contribution in [0.3, 0.4) is 0 Å². The first-order chi connectivity index (χ1) is 10.4. The highest BCUT2D eigenvalue weighted by atomic mass is 32.1. The van der Waals surface area contributed by atoms with E-state index in [4.69, 9.17) is 4.74 Å². The number of fused-ring (bicyclic) bond motifs is 1. The smallest absolute Gasteiger partial charge is 0.122 e. The summed E-state index contributed by atoms with van der Waals surface area (Å²) >= 11 is 1.86. The highest BCUT2D eigenvalue weighted by Crippen LogP contribution is 2.29. The second-order valence-corrected chi connectivity index (χ2v) is 6.70. The summed E-state index contributed by atoms with van der Waals surface area (Å²) in [7, 11) is 0. The van der Waals surface area contributed by atoms with E-state index in [1.807, 2.05) is 11.3 Å². The van der Waals surface area contributed by atoms with Crippen LogP contribution >= 0.6 is 11.3 Å². The monoisotopic (exact) mass is 301 g/mol. The molecule has 0 fully saturated rings. The molecule has 2 unspecified atom stereocenters.